The molecule has 0 saturated heterocycles. The van der Waals surface area contributed by atoms with Crippen molar-refractivity contribution in [1.29, 1.82) is 0 Å². The molecule has 0 nitrogen and oxygen atoms in total. The lowest BCUT2D eigenvalue weighted by Crippen LogP contribution is -2.69. The van der Waals surface area contributed by atoms with E-state index in [1.165, 1.54) is 66.4 Å². The lowest BCUT2D eigenvalue weighted by molar-refractivity contribution is 1.35. The van der Waals surface area contributed by atoms with E-state index in [1.54, 1.807) is 0 Å². The van der Waals surface area contributed by atoms with Crippen molar-refractivity contribution in [3.8, 4) is 11.1 Å². The Morgan fingerprint density at radius 2 is 0.750 bits per heavy atom. The van der Waals surface area contributed by atoms with E-state index in [0.29, 0.717) is 13.2 Å². The van der Waals surface area contributed by atoms with Crippen LogP contribution in [0.1, 0.15) is 33.4 Å². The third kappa shape index (κ3) is 3.25. The Kier molecular flexibility index (Phi) is 5.13. The number of rotatable bonds is 2. The van der Waals surface area contributed by atoms with Crippen LogP contribution >= 0.6 is 0 Å². The summed E-state index contributed by atoms with van der Waals surface area (Å²) >= 11 is 0. The summed E-state index contributed by atoms with van der Waals surface area (Å²) in [6.45, 7) is 14.2. The average molecular weight is 412 g/mol. The monoisotopic (exact) mass is 412 g/mol. The Balaban J connectivity index is 1.91. The highest BCUT2D eigenvalue weighted by molar-refractivity contribution is 7.43. The van der Waals surface area contributed by atoms with Crippen molar-refractivity contribution < 1.29 is 0 Å². The lowest BCUT2D eigenvalue weighted by Gasteiger charge is -2.35. The van der Waals surface area contributed by atoms with Crippen molar-refractivity contribution >= 4 is 35.1 Å². The molecule has 0 unspecified atom stereocenters. The molecule has 0 aliphatic carbocycles. The first-order valence-electron chi connectivity index (χ1n) is 11.7. The molecular formula is C30H30B2. The summed E-state index contributed by atoms with van der Waals surface area (Å²) in [5, 5.41) is 0. The Hall–Kier alpha value is -2.99. The molecule has 1 heterocycles. The maximum absolute atomic E-state index is 2.36. The van der Waals surface area contributed by atoms with E-state index in [4.69, 9.17) is 0 Å². The van der Waals surface area contributed by atoms with Gasteiger partial charge in [-0.1, -0.05) is 128 Å². The molecule has 0 atom stereocenters. The van der Waals surface area contributed by atoms with Gasteiger partial charge < -0.3 is 0 Å². The summed E-state index contributed by atoms with van der Waals surface area (Å²) in [5.41, 5.74) is 16.9. The van der Waals surface area contributed by atoms with Gasteiger partial charge >= 0.3 is 0 Å². The summed E-state index contributed by atoms with van der Waals surface area (Å²) in [6, 6.07) is 27.6. The molecule has 1 aliphatic heterocycles. The molecule has 156 valence electrons. The molecule has 0 fully saturated rings. The van der Waals surface area contributed by atoms with Gasteiger partial charge in [-0.2, -0.15) is 0 Å². The molecule has 1 aliphatic rings. The molecule has 4 aromatic carbocycles. The van der Waals surface area contributed by atoms with Crippen LogP contribution in [0, 0.1) is 41.5 Å². The molecule has 0 N–H and O–H groups in total. The summed E-state index contributed by atoms with van der Waals surface area (Å²) < 4.78 is 0. The van der Waals surface area contributed by atoms with Crippen molar-refractivity contribution in [3.63, 3.8) is 0 Å². The zero-order chi connectivity index (χ0) is 22.6. The van der Waals surface area contributed by atoms with E-state index in [0.717, 1.165) is 0 Å². The normalized spacial score (nSPS) is 12.6. The van der Waals surface area contributed by atoms with Crippen LogP contribution in [0.2, 0.25) is 0 Å². The molecule has 0 amide bonds. The first-order valence-corrected chi connectivity index (χ1v) is 11.7. The molecular weight excluding hydrogens is 382 g/mol. The van der Waals surface area contributed by atoms with Gasteiger partial charge in [-0.25, -0.2) is 0 Å². The predicted octanol–water partition coefficient (Wildman–Crippen LogP) is 4.51. The minimum atomic E-state index is 0.293. The van der Waals surface area contributed by atoms with Gasteiger partial charge in [0.2, 0.25) is 0 Å². The predicted molar refractivity (Wildman–Crippen MR) is 143 cm³/mol. The summed E-state index contributed by atoms with van der Waals surface area (Å²) in [7, 11) is 0. The van der Waals surface area contributed by atoms with Crippen molar-refractivity contribution in [3.05, 3.63) is 106 Å². The minimum Gasteiger partial charge on any atom is -0.0757 e. The average Bonchev–Trinajstić information content (AvgIpc) is 2.74. The molecule has 0 aromatic heterocycles. The zero-order valence-corrected chi connectivity index (χ0v) is 20.1. The van der Waals surface area contributed by atoms with Gasteiger partial charge in [-0.15, -0.1) is 0 Å². The Morgan fingerprint density at radius 1 is 0.438 bits per heavy atom. The number of hydrogen-bond acceptors (Lipinski definition) is 0. The number of fused-ring (bicyclic) bond motifs is 3. The highest BCUT2D eigenvalue weighted by Gasteiger charge is 2.43. The molecule has 0 spiro atoms. The second-order valence-corrected chi connectivity index (χ2v) is 9.75. The topological polar surface area (TPSA) is 0 Å². The standard InChI is InChI=1S/C30H30B2/c1-19-15-21(3)29(22(4)16-19)31-27-13-9-7-11-25(27)26-12-8-10-14-28(26)32(31)30-23(5)17-20(2)18-24(30)6/h7-18H,1-6H3. The van der Waals surface area contributed by atoms with Crippen molar-refractivity contribution in [2.24, 2.45) is 0 Å². The van der Waals surface area contributed by atoms with Crippen LogP contribution in [0.15, 0.2) is 72.8 Å². The van der Waals surface area contributed by atoms with Gasteiger partial charge in [-0.05, 0) is 52.7 Å². The lowest BCUT2D eigenvalue weighted by atomic mass is 8.99. The SMILES string of the molecule is Cc1cc(C)c(B2B(c3c(C)cc(C)cc3C)c3ccccc3-c3ccccc32)c(C)c1. The molecule has 5 rings (SSSR count). The summed E-state index contributed by atoms with van der Waals surface area (Å²) in [4.78, 5) is 0. The molecule has 32 heavy (non-hydrogen) atoms. The highest BCUT2D eigenvalue weighted by atomic mass is 14.2. The fourth-order valence-corrected chi connectivity index (χ4v) is 6.39. The number of benzene rings is 4. The second-order valence-electron chi connectivity index (χ2n) is 9.75. The Labute approximate surface area is 193 Å². The number of hydrogen-bond donors (Lipinski definition) is 0. The van der Waals surface area contributed by atoms with Crippen LogP contribution in [0.25, 0.3) is 11.1 Å². The summed E-state index contributed by atoms with van der Waals surface area (Å²) in [5.74, 6) is 0. The van der Waals surface area contributed by atoms with Gasteiger partial charge in [-0.3, -0.25) is 0 Å². The van der Waals surface area contributed by atoms with Crippen molar-refractivity contribution in [2.45, 2.75) is 41.5 Å². The van der Waals surface area contributed by atoms with E-state index in [9.17, 15) is 0 Å². The van der Waals surface area contributed by atoms with Crippen LogP contribution in [-0.4, -0.2) is 13.2 Å². The van der Waals surface area contributed by atoms with E-state index in [1.807, 2.05) is 0 Å². The fraction of sp³-hybridized carbons (Fsp3) is 0.200. The van der Waals surface area contributed by atoms with E-state index in [-0.39, 0.29) is 0 Å². The third-order valence-electron chi connectivity index (χ3n) is 7.31. The Bertz CT molecular complexity index is 1200. The van der Waals surface area contributed by atoms with Crippen LogP contribution in [0.5, 0.6) is 0 Å². The second kappa shape index (κ2) is 7.85. The van der Waals surface area contributed by atoms with Crippen LogP contribution < -0.4 is 21.9 Å². The van der Waals surface area contributed by atoms with Gasteiger partial charge in [0.15, 0.2) is 13.2 Å². The quantitative estimate of drug-likeness (QED) is 0.425. The molecule has 2 heteroatoms. The van der Waals surface area contributed by atoms with E-state index in [2.05, 4.69) is 114 Å². The summed E-state index contributed by atoms with van der Waals surface area (Å²) in [6.07, 6.45) is 0. The maximum Gasteiger partial charge on any atom is 0.192 e. The first-order chi connectivity index (χ1) is 15.4. The van der Waals surface area contributed by atoms with Crippen LogP contribution in [-0.2, 0) is 0 Å². The fourth-order valence-electron chi connectivity index (χ4n) is 6.39. The van der Waals surface area contributed by atoms with Crippen molar-refractivity contribution in [1.82, 2.24) is 0 Å². The molecule has 0 bridgehead atoms. The Morgan fingerprint density at radius 3 is 1.09 bits per heavy atom. The smallest absolute Gasteiger partial charge is 0.0757 e. The first kappa shape index (κ1) is 20.9. The van der Waals surface area contributed by atoms with E-state index >= 15 is 0 Å². The zero-order valence-electron chi connectivity index (χ0n) is 20.1. The largest absolute Gasteiger partial charge is 0.192 e. The maximum atomic E-state index is 2.36. The van der Waals surface area contributed by atoms with Gasteiger partial charge in [0.25, 0.3) is 0 Å². The molecule has 0 radical (unpaired) electrons. The van der Waals surface area contributed by atoms with Gasteiger partial charge in [0.1, 0.15) is 0 Å². The van der Waals surface area contributed by atoms with Crippen molar-refractivity contribution in [2.75, 3.05) is 0 Å². The van der Waals surface area contributed by atoms with Gasteiger partial charge in [0, 0.05) is 0 Å². The number of aryl methyl sites for hydroxylation is 6. The van der Waals surface area contributed by atoms with E-state index < -0.39 is 0 Å². The molecule has 0 saturated carbocycles. The minimum absolute atomic E-state index is 0.293. The third-order valence-corrected chi connectivity index (χ3v) is 7.31. The highest BCUT2D eigenvalue weighted by Crippen LogP contribution is 2.24. The molecule has 4 aromatic rings. The van der Waals surface area contributed by atoms with Gasteiger partial charge in [0.05, 0.1) is 0 Å². The van der Waals surface area contributed by atoms with Crippen LogP contribution in [0.4, 0.5) is 0 Å². The van der Waals surface area contributed by atoms with Crippen LogP contribution in [0.3, 0.4) is 0 Å².